The highest BCUT2D eigenvalue weighted by Gasteiger charge is 2.28. The van der Waals surface area contributed by atoms with E-state index in [9.17, 15) is 14.4 Å². The highest BCUT2D eigenvalue weighted by atomic mass is 16.5. The molecule has 0 aliphatic heterocycles. The van der Waals surface area contributed by atoms with Gasteiger partial charge in [0.15, 0.2) is 5.78 Å². The Bertz CT molecular complexity index is 1120. The van der Waals surface area contributed by atoms with Gasteiger partial charge in [-0.15, -0.1) is 0 Å². The maximum atomic E-state index is 13.3. The molecule has 1 aliphatic rings. The fraction of sp³-hybridized carbons (Fsp3) is 0.160. The maximum absolute atomic E-state index is 13.3. The molecule has 1 aliphatic carbocycles. The van der Waals surface area contributed by atoms with E-state index in [2.05, 4.69) is 0 Å². The smallest absolute Gasteiger partial charge is 0.307 e. The predicted molar refractivity (Wildman–Crippen MR) is 113 cm³/mol. The standard InChI is InChI=1S/C25H21NO4/c1-30-23(27)13-14-26(16-17-7-3-2-4-8-17)25(29)18-11-12-20-19-9-5-6-10-21(19)24(28)22(20)15-18/h2-12,15H,13-14,16H2,1H3. The Morgan fingerprint density at radius 1 is 0.833 bits per heavy atom. The predicted octanol–water partition coefficient (Wildman–Crippen LogP) is 4.10. The Kier molecular flexibility index (Phi) is 5.44. The van der Waals surface area contributed by atoms with E-state index < -0.39 is 0 Å². The van der Waals surface area contributed by atoms with Gasteiger partial charge in [-0.1, -0.05) is 60.7 Å². The number of methoxy groups -OCH3 is 1. The number of nitrogens with zero attached hydrogens (tertiary/aromatic N) is 1. The first-order chi connectivity index (χ1) is 14.6. The molecule has 0 N–H and O–H groups in total. The third-order valence-corrected chi connectivity index (χ3v) is 5.29. The lowest BCUT2D eigenvalue weighted by molar-refractivity contribution is -0.140. The minimum absolute atomic E-state index is 0.0700. The first kappa shape index (κ1) is 19.6. The van der Waals surface area contributed by atoms with E-state index in [1.54, 1.807) is 23.1 Å². The van der Waals surface area contributed by atoms with Crippen LogP contribution >= 0.6 is 0 Å². The third kappa shape index (κ3) is 3.74. The Labute approximate surface area is 174 Å². The van der Waals surface area contributed by atoms with E-state index >= 15 is 0 Å². The first-order valence-corrected chi connectivity index (χ1v) is 9.76. The number of hydrogen-bond donors (Lipinski definition) is 0. The van der Waals surface area contributed by atoms with Crippen molar-refractivity contribution in [2.24, 2.45) is 0 Å². The van der Waals surface area contributed by atoms with Crippen LogP contribution in [-0.2, 0) is 16.1 Å². The van der Waals surface area contributed by atoms with Gasteiger partial charge in [-0.2, -0.15) is 0 Å². The van der Waals surface area contributed by atoms with Gasteiger partial charge in [0.25, 0.3) is 5.91 Å². The van der Waals surface area contributed by atoms with Crippen molar-refractivity contribution in [1.29, 1.82) is 0 Å². The Morgan fingerprint density at radius 2 is 1.50 bits per heavy atom. The summed E-state index contributed by atoms with van der Waals surface area (Å²) in [5, 5.41) is 0. The number of esters is 1. The van der Waals surface area contributed by atoms with Crippen molar-refractivity contribution < 1.29 is 19.1 Å². The molecule has 0 saturated carbocycles. The summed E-state index contributed by atoms with van der Waals surface area (Å²) in [5.74, 6) is -0.672. The molecule has 5 heteroatoms. The van der Waals surface area contributed by atoms with Gasteiger partial charge in [-0.05, 0) is 28.8 Å². The normalized spacial score (nSPS) is 11.6. The average Bonchev–Trinajstić information content (AvgIpc) is 3.08. The lowest BCUT2D eigenvalue weighted by Gasteiger charge is -2.23. The van der Waals surface area contributed by atoms with Gasteiger partial charge in [-0.3, -0.25) is 14.4 Å². The number of fused-ring (bicyclic) bond motifs is 3. The van der Waals surface area contributed by atoms with Crippen LogP contribution in [0, 0.1) is 0 Å². The van der Waals surface area contributed by atoms with E-state index in [1.165, 1.54) is 7.11 Å². The van der Waals surface area contributed by atoms with E-state index in [0.717, 1.165) is 16.7 Å². The van der Waals surface area contributed by atoms with Gasteiger partial charge in [0, 0.05) is 29.8 Å². The second kappa shape index (κ2) is 8.33. The van der Waals surface area contributed by atoms with E-state index in [-0.39, 0.29) is 30.6 Å². The average molecular weight is 399 g/mol. The van der Waals surface area contributed by atoms with Crippen molar-refractivity contribution in [1.82, 2.24) is 4.90 Å². The van der Waals surface area contributed by atoms with E-state index in [1.807, 2.05) is 54.6 Å². The zero-order chi connectivity index (χ0) is 21.1. The molecule has 0 aromatic heterocycles. The fourth-order valence-corrected chi connectivity index (χ4v) is 3.73. The SMILES string of the molecule is COC(=O)CCN(Cc1ccccc1)C(=O)c1ccc2c(c1)C(=O)c1ccccc1-2. The number of carbonyl (C=O) groups is 3. The molecular formula is C25H21NO4. The third-order valence-electron chi connectivity index (χ3n) is 5.29. The summed E-state index contributed by atoms with van der Waals surface area (Å²) in [5.41, 5.74) is 4.31. The summed E-state index contributed by atoms with van der Waals surface area (Å²) in [6.07, 6.45) is 0.102. The Hall–Kier alpha value is -3.73. The second-order valence-electron chi connectivity index (χ2n) is 7.17. The molecule has 3 aromatic carbocycles. The zero-order valence-corrected chi connectivity index (χ0v) is 16.6. The number of ether oxygens (including phenoxy) is 1. The van der Waals surface area contributed by atoms with Crippen molar-refractivity contribution >= 4 is 17.7 Å². The van der Waals surface area contributed by atoms with Gasteiger partial charge in [-0.25, -0.2) is 0 Å². The highest BCUT2D eigenvalue weighted by Crippen LogP contribution is 2.36. The van der Waals surface area contributed by atoms with Crippen LogP contribution in [0.3, 0.4) is 0 Å². The molecule has 0 radical (unpaired) electrons. The van der Waals surface area contributed by atoms with Crippen molar-refractivity contribution in [2.75, 3.05) is 13.7 Å². The van der Waals surface area contributed by atoms with Crippen LogP contribution in [0.15, 0.2) is 72.8 Å². The summed E-state index contributed by atoms with van der Waals surface area (Å²) in [7, 11) is 1.33. The van der Waals surface area contributed by atoms with Gasteiger partial charge in [0.1, 0.15) is 0 Å². The highest BCUT2D eigenvalue weighted by molar-refractivity contribution is 6.22. The summed E-state index contributed by atoms with van der Waals surface area (Å²) in [6, 6.07) is 22.3. The first-order valence-electron chi connectivity index (χ1n) is 9.76. The molecule has 0 spiro atoms. The van der Waals surface area contributed by atoms with Crippen molar-refractivity contribution in [3.8, 4) is 11.1 Å². The zero-order valence-electron chi connectivity index (χ0n) is 16.6. The van der Waals surface area contributed by atoms with Crippen molar-refractivity contribution in [2.45, 2.75) is 13.0 Å². The lowest BCUT2D eigenvalue weighted by atomic mass is 10.0. The lowest BCUT2D eigenvalue weighted by Crippen LogP contribution is -2.33. The molecule has 0 bridgehead atoms. The molecule has 4 rings (SSSR count). The van der Waals surface area contributed by atoms with Crippen LogP contribution in [0.1, 0.15) is 38.3 Å². The van der Waals surface area contributed by atoms with Gasteiger partial charge >= 0.3 is 5.97 Å². The fourth-order valence-electron chi connectivity index (χ4n) is 3.73. The number of benzene rings is 3. The summed E-state index contributed by atoms with van der Waals surface area (Å²) in [6.45, 7) is 0.591. The molecule has 0 heterocycles. The Balaban J connectivity index is 1.63. The molecule has 0 unspecified atom stereocenters. The molecule has 0 fully saturated rings. The van der Waals surface area contributed by atoms with Gasteiger partial charge < -0.3 is 9.64 Å². The topological polar surface area (TPSA) is 63.7 Å². The molecule has 30 heavy (non-hydrogen) atoms. The van der Waals surface area contributed by atoms with E-state index in [0.29, 0.717) is 23.2 Å². The number of hydrogen-bond acceptors (Lipinski definition) is 4. The minimum atomic E-state index is -0.375. The number of rotatable bonds is 6. The summed E-state index contributed by atoms with van der Waals surface area (Å²) in [4.78, 5) is 39.3. The Morgan fingerprint density at radius 3 is 2.23 bits per heavy atom. The summed E-state index contributed by atoms with van der Waals surface area (Å²) >= 11 is 0. The summed E-state index contributed by atoms with van der Waals surface area (Å²) < 4.78 is 4.73. The quantitative estimate of drug-likeness (QED) is 0.458. The minimum Gasteiger partial charge on any atom is -0.469 e. The van der Waals surface area contributed by atoms with Gasteiger partial charge in [0.05, 0.1) is 13.5 Å². The van der Waals surface area contributed by atoms with E-state index in [4.69, 9.17) is 4.74 Å². The molecule has 3 aromatic rings. The maximum Gasteiger partial charge on any atom is 0.307 e. The second-order valence-corrected chi connectivity index (χ2v) is 7.17. The molecular weight excluding hydrogens is 378 g/mol. The van der Waals surface area contributed by atoms with Crippen LogP contribution in [0.2, 0.25) is 0 Å². The molecule has 150 valence electrons. The molecule has 0 saturated heterocycles. The van der Waals surface area contributed by atoms with Crippen molar-refractivity contribution in [3.05, 3.63) is 95.1 Å². The molecule has 0 atom stereocenters. The van der Waals surface area contributed by atoms with Crippen LogP contribution in [0.5, 0.6) is 0 Å². The molecule has 5 nitrogen and oxygen atoms in total. The van der Waals surface area contributed by atoms with Crippen LogP contribution in [0.4, 0.5) is 0 Å². The number of ketones is 1. The van der Waals surface area contributed by atoms with Gasteiger partial charge in [0.2, 0.25) is 0 Å². The van der Waals surface area contributed by atoms with Crippen LogP contribution in [-0.4, -0.2) is 36.2 Å². The molecule has 1 amide bonds. The van der Waals surface area contributed by atoms with Crippen LogP contribution in [0.25, 0.3) is 11.1 Å². The number of carbonyl (C=O) groups excluding carboxylic acids is 3. The van der Waals surface area contributed by atoms with Crippen LogP contribution < -0.4 is 0 Å². The largest absolute Gasteiger partial charge is 0.469 e. The van der Waals surface area contributed by atoms with Crippen molar-refractivity contribution in [3.63, 3.8) is 0 Å². The number of amides is 1. The monoisotopic (exact) mass is 399 g/mol.